The molecule has 0 aliphatic carbocycles. The predicted molar refractivity (Wildman–Crippen MR) is 119 cm³/mol. The number of amides is 1. The van der Waals surface area contributed by atoms with E-state index in [2.05, 4.69) is 14.9 Å². The number of rotatable bonds is 7. The van der Waals surface area contributed by atoms with Gasteiger partial charge in [-0.2, -0.15) is 4.98 Å². The molecule has 1 aromatic heterocycles. The van der Waals surface area contributed by atoms with E-state index in [0.717, 1.165) is 5.56 Å². The summed E-state index contributed by atoms with van der Waals surface area (Å²) in [7, 11) is -2.15. The highest BCUT2D eigenvalue weighted by Crippen LogP contribution is 2.19. The molecular formula is C23H20N4O4S. The Morgan fingerprint density at radius 3 is 2.38 bits per heavy atom. The number of benzene rings is 3. The van der Waals surface area contributed by atoms with Gasteiger partial charge in [0.1, 0.15) is 0 Å². The van der Waals surface area contributed by atoms with Crippen LogP contribution in [0.4, 0.5) is 5.69 Å². The highest BCUT2D eigenvalue weighted by molar-refractivity contribution is 7.92. The van der Waals surface area contributed by atoms with Crippen molar-refractivity contribution in [1.29, 1.82) is 0 Å². The van der Waals surface area contributed by atoms with Gasteiger partial charge in [0.25, 0.3) is 15.9 Å². The van der Waals surface area contributed by atoms with Gasteiger partial charge in [0.15, 0.2) is 0 Å². The zero-order chi connectivity index (χ0) is 22.6. The van der Waals surface area contributed by atoms with Crippen LogP contribution >= 0.6 is 0 Å². The van der Waals surface area contributed by atoms with Crippen molar-refractivity contribution in [2.75, 3.05) is 11.8 Å². The molecule has 0 spiro atoms. The van der Waals surface area contributed by atoms with E-state index < -0.39 is 10.0 Å². The lowest BCUT2D eigenvalue weighted by Gasteiger charge is -2.15. The minimum Gasteiger partial charge on any atom is -0.337 e. The number of hydrogen-bond acceptors (Lipinski definition) is 6. The highest BCUT2D eigenvalue weighted by Gasteiger charge is 2.18. The fraction of sp³-hybridized carbons (Fsp3) is 0.0870. The molecule has 32 heavy (non-hydrogen) atoms. The van der Waals surface area contributed by atoms with Crippen molar-refractivity contribution < 1.29 is 17.7 Å². The topological polar surface area (TPSA) is 105 Å². The lowest BCUT2D eigenvalue weighted by Crippen LogP contribution is -2.26. The van der Waals surface area contributed by atoms with E-state index in [4.69, 9.17) is 4.52 Å². The summed E-state index contributed by atoms with van der Waals surface area (Å²) >= 11 is 0. The van der Waals surface area contributed by atoms with E-state index >= 15 is 0 Å². The molecule has 0 radical (unpaired) electrons. The van der Waals surface area contributed by atoms with Gasteiger partial charge in [-0.3, -0.25) is 9.52 Å². The lowest BCUT2D eigenvalue weighted by molar-refractivity contribution is 0.0769. The van der Waals surface area contributed by atoms with E-state index in [9.17, 15) is 13.2 Å². The molecule has 1 heterocycles. The summed E-state index contributed by atoms with van der Waals surface area (Å²) in [5.74, 6) is 0.421. The van der Waals surface area contributed by atoms with Gasteiger partial charge < -0.3 is 9.42 Å². The summed E-state index contributed by atoms with van der Waals surface area (Å²) in [5, 5.41) is 3.95. The number of nitrogens with zero attached hydrogens (tertiary/aromatic N) is 3. The summed E-state index contributed by atoms with van der Waals surface area (Å²) in [6.07, 6.45) is 0. The van der Waals surface area contributed by atoms with Crippen LogP contribution in [0, 0.1) is 0 Å². The minimum absolute atomic E-state index is 0.110. The SMILES string of the molecule is CN(Cc1nc(-c2ccccc2)no1)C(=O)c1cccc(NS(=O)(=O)c2ccccc2)c1. The molecule has 4 aromatic rings. The first kappa shape index (κ1) is 21.3. The Kier molecular flexibility index (Phi) is 6.00. The van der Waals surface area contributed by atoms with Gasteiger partial charge in [-0.1, -0.05) is 59.8 Å². The first-order valence-electron chi connectivity index (χ1n) is 9.74. The van der Waals surface area contributed by atoms with Crippen LogP contribution in [-0.2, 0) is 16.6 Å². The molecule has 0 unspecified atom stereocenters. The monoisotopic (exact) mass is 448 g/mol. The zero-order valence-electron chi connectivity index (χ0n) is 17.2. The normalized spacial score (nSPS) is 11.2. The van der Waals surface area contributed by atoms with Crippen LogP contribution in [0.5, 0.6) is 0 Å². The van der Waals surface area contributed by atoms with Crippen molar-refractivity contribution in [3.63, 3.8) is 0 Å². The maximum absolute atomic E-state index is 12.9. The Bertz CT molecular complexity index is 1320. The first-order chi connectivity index (χ1) is 15.4. The summed E-state index contributed by atoms with van der Waals surface area (Å²) in [6.45, 7) is 0.110. The summed E-state index contributed by atoms with van der Waals surface area (Å²) in [6, 6.07) is 23.7. The van der Waals surface area contributed by atoms with Crippen molar-refractivity contribution in [2.24, 2.45) is 0 Å². The molecule has 0 aliphatic rings. The summed E-state index contributed by atoms with van der Waals surface area (Å²) < 4.78 is 32.9. The number of hydrogen-bond donors (Lipinski definition) is 1. The Labute approximate surface area is 185 Å². The Hall–Kier alpha value is -3.98. The van der Waals surface area contributed by atoms with Crippen molar-refractivity contribution in [1.82, 2.24) is 15.0 Å². The summed E-state index contributed by atoms with van der Waals surface area (Å²) in [4.78, 5) is 18.8. The van der Waals surface area contributed by atoms with Gasteiger partial charge in [-0.25, -0.2) is 8.42 Å². The zero-order valence-corrected chi connectivity index (χ0v) is 18.0. The average molecular weight is 449 g/mol. The maximum Gasteiger partial charge on any atom is 0.261 e. The summed E-state index contributed by atoms with van der Waals surface area (Å²) in [5.41, 5.74) is 1.43. The average Bonchev–Trinajstić information content (AvgIpc) is 3.28. The third-order valence-electron chi connectivity index (χ3n) is 4.63. The lowest BCUT2D eigenvalue weighted by atomic mass is 10.2. The van der Waals surface area contributed by atoms with Crippen LogP contribution in [0.15, 0.2) is 94.3 Å². The molecule has 1 N–H and O–H groups in total. The number of nitrogens with one attached hydrogen (secondary N) is 1. The standard InChI is InChI=1S/C23H20N4O4S/c1-27(16-21-24-22(25-31-21)17-9-4-2-5-10-17)23(28)18-11-8-12-19(15-18)26-32(29,30)20-13-6-3-7-14-20/h2-15,26H,16H2,1H3. The molecule has 0 saturated heterocycles. The van der Waals surface area contributed by atoms with Gasteiger partial charge in [-0.05, 0) is 30.3 Å². The third kappa shape index (κ3) is 4.84. The van der Waals surface area contributed by atoms with Gasteiger partial charge in [0.05, 0.1) is 11.4 Å². The van der Waals surface area contributed by atoms with E-state index in [1.165, 1.54) is 23.1 Å². The second-order valence-electron chi connectivity index (χ2n) is 7.04. The molecule has 0 saturated carbocycles. The van der Waals surface area contributed by atoms with Gasteiger partial charge in [0.2, 0.25) is 11.7 Å². The number of carbonyl (C=O) groups excluding carboxylic acids is 1. The molecule has 0 aliphatic heterocycles. The second-order valence-corrected chi connectivity index (χ2v) is 8.72. The van der Waals surface area contributed by atoms with Gasteiger partial charge in [-0.15, -0.1) is 0 Å². The molecule has 9 heteroatoms. The molecular weight excluding hydrogens is 428 g/mol. The third-order valence-corrected chi connectivity index (χ3v) is 6.03. The molecule has 0 fully saturated rings. The molecule has 3 aromatic carbocycles. The minimum atomic E-state index is -3.76. The van der Waals surface area contributed by atoms with Crippen molar-refractivity contribution in [2.45, 2.75) is 11.4 Å². The van der Waals surface area contributed by atoms with Crippen LogP contribution < -0.4 is 4.72 Å². The van der Waals surface area contributed by atoms with Crippen LogP contribution in [0.2, 0.25) is 0 Å². The maximum atomic E-state index is 12.9. The number of aromatic nitrogens is 2. The van der Waals surface area contributed by atoms with Crippen molar-refractivity contribution in [3.8, 4) is 11.4 Å². The molecule has 0 atom stereocenters. The van der Waals surface area contributed by atoms with Crippen LogP contribution in [0.1, 0.15) is 16.2 Å². The van der Waals surface area contributed by atoms with Crippen molar-refractivity contribution in [3.05, 3.63) is 96.4 Å². The van der Waals surface area contributed by atoms with E-state index in [1.807, 2.05) is 30.3 Å². The Balaban J connectivity index is 1.46. The number of carbonyl (C=O) groups is 1. The Morgan fingerprint density at radius 1 is 0.969 bits per heavy atom. The molecule has 4 rings (SSSR count). The van der Waals surface area contributed by atoms with E-state index in [0.29, 0.717) is 17.3 Å². The van der Waals surface area contributed by atoms with E-state index in [-0.39, 0.29) is 23.0 Å². The predicted octanol–water partition coefficient (Wildman–Crippen LogP) is 3.81. The van der Waals surface area contributed by atoms with Crippen LogP contribution in [-0.4, -0.2) is 36.4 Å². The van der Waals surface area contributed by atoms with Crippen LogP contribution in [0.3, 0.4) is 0 Å². The molecule has 162 valence electrons. The number of anilines is 1. The molecule has 8 nitrogen and oxygen atoms in total. The molecule has 0 bridgehead atoms. The fourth-order valence-electron chi connectivity index (χ4n) is 3.05. The molecule has 1 amide bonds. The second kappa shape index (κ2) is 9.03. The quantitative estimate of drug-likeness (QED) is 0.461. The van der Waals surface area contributed by atoms with Gasteiger partial charge in [0, 0.05) is 23.9 Å². The van der Waals surface area contributed by atoms with E-state index in [1.54, 1.807) is 43.4 Å². The van der Waals surface area contributed by atoms with Gasteiger partial charge >= 0.3 is 0 Å². The fourth-order valence-corrected chi connectivity index (χ4v) is 4.12. The first-order valence-corrected chi connectivity index (χ1v) is 11.2. The smallest absolute Gasteiger partial charge is 0.261 e. The highest BCUT2D eigenvalue weighted by atomic mass is 32.2. The van der Waals surface area contributed by atoms with Crippen LogP contribution in [0.25, 0.3) is 11.4 Å². The largest absolute Gasteiger partial charge is 0.337 e. The Morgan fingerprint density at radius 2 is 1.66 bits per heavy atom. The van der Waals surface area contributed by atoms with Crippen molar-refractivity contribution >= 4 is 21.6 Å². The number of sulfonamides is 1.